The second-order valence-electron chi connectivity index (χ2n) is 6.87. The van der Waals surface area contributed by atoms with Crippen molar-refractivity contribution in [3.8, 4) is 0 Å². The molecule has 2 rings (SSSR count). The van der Waals surface area contributed by atoms with Gasteiger partial charge in [0.2, 0.25) is 0 Å². The van der Waals surface area contributed by atoms with E-state index in [9.17, 15) is 19.1 Å². The smallest absolute Gasteiger partial charge is 0.466 e. The lowest BCUT2D eigenvalue weighted by molar-refractivity contribution is -0.137. The molecule has 8 heteroatoms. The van der Waals surface area contributed by atoms with Crippen LogP contribution < -0.4 is 0 Å². The van der Waals surface area contributed by atoms with Gasteiger partial charge in [0.1, 0.15) is 5.82 Å². The maximum Gasteiger partial charge on any atom is 0.466 e. The molecule has 1 fully saturated rings. The summed E-state index contributed by atoms with van der Waals surface area (Å²) in [6.07, 6.45) is -0.448. The van der Waals surface area contributed by atoms with Crippen LogP contribution in [0, 0.1) is 5.82 Å². The normalized spacial score (nSPS) is 20.0. The molecule has 1 aromatic rings. The van der Waals surface area contributed by atoms with Crippen LogP contribution in [0.15, 0.2) is 18.2 Å². The van der Waals surface area contributed by atoms with Crippen LogP contribution in [0.2, 0.25) is 0 Å². The number of carboxylic acid groups (broad SMARTS) is 2. The molecule has 1 aliphatic heterocycles. The maximum absolute atomic E-state index is 14.3. The summed E-state index contributed by atoms with van der Waals surface area (Å²) in [5.74, 6) is -4.04. The van der Waals surface area contributed by atoms with Gasteiger partial charge in [0.05, 0.1) is 23.2 Å². The standard InChI is InChI=1S/C16H20BFO6/c1-15(2)16(3,4)24-17(23-15)11(8-13(19)20)10-7-9(14(21)22)5-6-12(10)18/h5-7,11H,8H2,1-4H3,(H,19,20)(H,21,22). The van der Waals surface area contributed by atoms with Crippen LogP contribution >= 0.6 is 0 Å². The molecule has 6 nitrogen and oxygen atoms in total. The topological polar surface area (TPSA) is 93.1 Å². The first-order chi connectivity index (χ1) is 10.9. The molecule has 0 aromatic heterocycles. The second-order valence-corrected chi connectivity index (χ2v) is 6.87. The summed E-state index contributed by atoms with van der Waals surface area (Å²) in [7, 11) is -0.996. The van der Waals surface area contributed by atoms with Gasteiger partial charge in [0, 0.05) is 5.82 Å². The third-order valence-corrected chi connectivity index (χ3v) is 4.64. The highest BCUT2D eigenvalue weighted by Crippen LogP contribution is 2.42. The Bertz CT molecular complexity index is 657. The molecule has 1 unspecified atom stereocenters. The molecule has 1 aliphatic rings. The lowest BCUT2D eigenvalue weighted by Gasteiger charge is -2.32. The highest BCUT2D eigenvalue weighted by atomic mass is 19.1. The van der Waals surface area contributed by atoms with Crippen LogP contribution in [0.1, 0.15) is 55.9 Å². The van der Waals surface area contributed by atoms with Crippen LogP contribution in [-0.4, -0.2) is 40.5 Å². The van der Waals surface area contributed by atoms with E-state index >= 15 is 0 Å². The zero-order valence-corrected chi connectivity index (χ0v) is 14.0. The van der Waals surface area contributed by atoms with Crippen molar-refractivity contribution in [1.29, 1.82) is 0 Å². The van der Waals surface area contributed by atoms with Crippen molar-refractivity contribution in [3.63, 3.8) is 0 Å². The third-order valence-electron chi connectivity index (χ3n) is 4.64. The molecule has 0 amide bonds. The maximum atomic E-state index is 14.3. The van der Waals surface area contributed by atoms with Crippen LogP contribution in [0.5, 0.6) is 0 Å². The Hall–Kier alpha value is -1.93. The molecule has 0 radical (unpaired) electrons. The van der Waals surface area contributed by atoms with E-state index < -0.39 is 48.3 Å². The summed E-state index contributed by atoms with van der Waals surface area (Å²) in [5.41, 5.74) is -1.60. The average molecular weight is 338 g/mol. The second kappa shape index (κ2) is 6.18. The highest BCUT2D eigenvalue weighted by Gasteiger charge is 2.54. The van der Waals surface area contributed by atoms with Gasteiger partial charge in [-0.2, -0.15) is 0 Å². The van der Waals surface area contributed by atoms with Gasteiger partial charge in [-0.15, -0.1) is 0 Å². The monoisotopic (exact) mass is 338 g/mol. The molecule has 0 spiro atoms. The molecule has 0 saturated carbocycles. The first-order valence-corrected chi connectivity index (χ1v) is 7.55. The molecule has 0 aliphatic carbocycles. The Morgan fingerprint density at radius 3 is 2.17 bits per heavy atom. The van der Waals surface area contributed by atoms with E-state index in [1.165, 1.54) is 0 Å². The fraction of sp³-hybridized carbons (Fsp3) is 0.500. The van der Waals surface area contributed by atoms with Crippen molar-refractivity contribution >= 4 is 19.1 Å². The minimum Gasteiger partial charge on any atom is -0.481 e. The van der Waals surface area contributed by atoms with Gasteiger partial charge < -0.3 is 19.5 Å². The van der Waals surface area contributed by atoms with Crippen LogP contribution in [0.3, 0.4) is 0 Å². The first-order valence-electron chi connectivity index (χ1n) is 7.55. The zero-order chi connectivity index (χ0) is 18.3. The number of carboxylic acids is 2. The Kier molecular flexibility index (Phi) is 4.74. The highest BCUT2D eigenvalue weighted by molar-refractivity contribution is 6.48. The van der Waals surface area contributed by atoms with E-state index in [1.807, 2.05) is 0 Å². The lowest BCUT2D eigenvalue weighted by atomic mass is 9.66. The molecule has 1 aromatic carbocycles. The largest absolute Gasteiger partial charge is 0.481 e. The van der Waals surface area contributed by atoms with Crippen LogP contribution in [0.4, 0.5) is 4.39 Å². The fourth-order valence-corrected chi connectivity index (χ4v) is 2.55. The van der Waals surface area contributed by atoms with E-state index in [2.05, 4.69) is 0 Å². The predicted octanol–water partition coefficient (Wildman–Crippen LogP) is 2.71. The molecule has 1 heterocycles. The van der Waals surface area contributed by atoms with Crippen molar-refractivity contribution in [2.24, 2.45) is 0 Å². The fourth-order valence-electron chi connectivity index (χ4n) is 2.55. The van der Waals surface area contributed by atoms with Crippen LogP contribution in [-0.2, 0) is 14.1 Å². The van der Waals surface area contributed by atoms with Gasteiger partial charge >= 0.3 is 19.1 Å². The summed E-state index contributed by atoms with van der Waals surface area (Å²) < 4.78 is 25.9. The Morgan fingerprint density at radius 2 is 1.71 bits per heavy atom. The molecule has 1 saturated heterocycles. The van der Waals surface area contributed by atoms with Gasteiger partial charge in [0.25, 0.3) is 0 Å². The molecule has 24 heavy (non-hydrogen) atoms. The van der Waals surface area contributed by atoms with E-state index in [0.717, 1.165) is 18.2 Å². The van der Waals surface area contributed by atoms with Gasteiger partial charge in [-0.25, -0.2) is 9.18 Å². The number of rotatable bonds is 5. The number of benzene rings is 1. The van der Waals surface area contributed by atoms with Gasteiger partial charge in [-0.3, -0.25) is 4.79 Å². The van der Waals surface area contributed by atoms with E-state index in [0.29, 0.717) is 0 Å². The Labute approximate surface area is 139 Å². The van der Waals surface area contributed by atoms with Gasteiger partial charge in [0.15, 0.2) is 0 Å². The molecular formula is C16H20BFO6. The SMILES string of the molecule is CC1(C)OB(C(CC(=O)O)c2cc(C(=O)O)ccc2F)OC1(C)C. The van der Waals surface area contributed by atoms with Gasteiger partial charge in [-0.05, 0) is 51.5 Å². The van der Waals surface area contributed by atoms with Crippen molar-refractivity contribution in [2.45, 2.75) is 51.1 Å². The molecule has 1 atom stereocenters. The molecule has 2 N–H and O–H groups in total. The Morgan fingerprint density at radius 1 is 1.17 bits per heavy atom. The Balaban J connectivity index is 2.46. The summed E-state index contributed by atoms with van der Waals surface area (Å²) in [4.78, 5) is 22.4. The lowest BCUT2D eigenvalue weighted by Crippen LogP contribution is -2.41. The number of aromatic carboxylic acids is 1. The number of hydrogen-bond acceptors (Lipinski definition) is 4. The van der Waals surface area contributed by atoms with Crippen molar-refractivity contribution in [2.75, 3.05) is 0 Å². The van der Waals surface area contributed by atoms with Crippen molar-refractivity contribution < 1.29 is 33.5 Å². The molecule has 0 bridgehead atoms. The number of hydrogen-bond donors (Lipinski definition) is 2. The van der Waals surface area contributed by atoms with Crippen molar-refractivity contribution in [1.82, 2.24) is 0 Å². The predicted molar refractivity (Wildman–Crippen MR) is 84.4 cm³/mol. The molecule has 130 valence electrons. The van der Waals surface area contributed by atoms with E-state index in [-0.39, 0.29) is 11.1 Å². The summed E-state index contributed by atoms with van der Waals surface area (Å²) in [6.45, 7) is 7.20. The number of carbonyl (C=O) groups is 2. The number of halogens is 1. The van der Waals surface area contributed by atoms with E-state index in [4.69, 9.17) is 14.4 Å². The third kappa shape index (κ3) is 3.44. The van der Waals surface area contributed by atoms with E-state index in [1.54, 1.807) is 27.7 Å². The summed E-state index contributed by atoms with van der Waals surface area (Å²) >= 11 is 0. The average Bonchev–Trinajstić information content (AvgIpc) is 2.65. The zero-order valence-electron chi connectivity index (χ0n) is 14.0. The summed E-state index contributed by atoms with van der Waals surface area (Å²) in [5, 5.41) is 18.3. The minimum absolute atomic E-state index is 0.0456. The summed E-state index contributed by atoms with van der Waals surface area (Å²) in [6, 6.07) is 3.28. The van der Waals surface area contributed by atoms with Crippen LogP contribution in [0.25, 0.3) is 0 Å². The first kappa shape index (κ1) is 18.4. The quantitative estimate of drug-likeness (QED) is 0.802. The van der Waals surface area contributed by atoms with Gasteiger partial charge in [-0.1, -0.05) is 0 Å². The number of aliphatic carboxylic acids is 1. The minimum atomic E-state index is -1.22. The molecular weight excluding hydrogens is 318 g/mol. The van der Waals surface area contributed by atoms with Crippen molar-refractivity contribution in [3.05, 3.63) is 35.1 Å².